The van der Waals surface area contributed by atoms with Gasteiger partial charge in [-0.15, -0.1) is 0 Å². The Morgan fingerprint density at radius 3 is 1.76 bits per heavy atom. The van der Waals surface area contributed by atoms with E-state index in [1.165, 1.54) is 20.8 Å². The highest BCUT2D eigenvalue weighted by Crippen LogP contribution is 2.36. The van der Waals surface area contributed by atoms with Gasteiger partial charge in [-0.3, -0.25) is 14.4 Å². The first kappa shape index (κ1) is 18.8. The Balaban J connectivity index is 2.71. The van der Waals surface area contributed by atoms with Crippen LogP contribution >= 0.6 is 0 Å². The second-order valence-electron chi connectivity index (χ2n) is 6.77. The number of carbonyl (C=O) groups is 3. The van der Waals surface area contributed by atoms with Gasteiger partial charge in [0.15, 0.2) is 5.78 Å². The molecule has 4 nitrogen and oxygen atoms in total. The third kappa shape index (κ3) is 3.95. The maximum absolute atomic E-state index is 12.2. The van der Waals surface area contributed by atoms with E-state index in [-0.39, 0.29) is 17.3 Å². The third-order valence-electron chi connectivity index (χ3n) is 4.44. The van der Waals surface area contributed by atoms with Crippen LogP contribution in [-0.4, -0.2) is 17.3 Å². The highest BCUT2D eigenvalue weighted by Gasteiger charge is 2.35. The Labute approximate surface area is 148 Å². The minimum absolute atomic E-state index is 0.103. The monoisotopic (exact) mass is 340 g/mol. The van der Waals surface area contributed by atoms with E-state index in [0.29, 0.717) is 17.1 Å². The van der Waals surface area contributed by atoms with Gasteiger partial charge in [-0.2, -0.15) is 0 Å². The van der Waals surface area contributed by atoms with Crippen LogP contribution in [0.3, 0.4) is 0 Å². The van der Waals surface area contributed by atoms with Crippen molar-refractivity contribution in [2.75, 3.05) is 0 Å². The summed E-state index contributed by atoms with van der Waals surface area (Å²) >= 11 is 0. The Hall–Kier alpha value is -2.49. The molecule has 2 aromatic rings. The van der Waals surface area contributed by atoms with Gasteiger partial charge in [0.05, 0.1) is 17.4 Å². The molecule has 1 unspecified atom stereocenters. The molecule has 0 N–H and O–H groups in total. The molecule has 1 aromatic heterocycles. The van der Waals surface area contributed by atoms with Gasteiger partial charge in [-0.1, -0.05) is 29.3 Å². The van der Waals surface area contributed by atoms with Gasteiger partial charge >= 0.3 is 0 Å². The summed E-state index contributed by atoms with van der Waals surface area (Å²) in [6.07, 6.45) is 0. The van der Waals surface area contributed by atoms with E-state index in [9.17, 15) is 14.4 Å². The van der Waals surface area contributed by atoms with Crippen LogP contribution < -0.4 is 0 Å². The zero-order chi connectivity index (χ0) is 18.9. The zero-order valence-electron chi connectivity index (χ0n) is 15.6. The fraction of sp³-hybridized carbons (Fsp3) is 0.381. The van der Waals surface area contributed by atoms with Gasteiger partial charge < -0.3 is 4.42 Å². The Kier molecular flexibility index (Phi) is 5.41. The van der Waals surface area contributed by atoms with Gasteiger partial charge in [-0.05, 0) is 53.2 Å². The number of carbonyl (C=O) groups excluding carboxylic acids is 3. The number of aryl methyl sites for hydroxylation is 3. The molecule has 4 heteroatoms. The zero-order valence-corrected chi connectivity index (χ0v) is 15.6. The SMILES string of the molecule is CC(=O)c1cc(C(c2cc(C)cc(C)c2)C(C(C)=O)C(C)=O)oc1C. The summed E-state index contributed by atoms with van der Waals surface area (Å²) in [4.78, 5) is 36.3. The van der Waals surface area contributed by atoms with Crippen LogP contribution in [0, 0.1) is 26.7 Å². The van der Waals surface area contributed by atoms with Crippen molar-refractivity contribution in [1.29, 1.82) is 0 Å². The van der Waals surface area contributed by atoms with E-state index in [0.717, 1.165) is 16.7 Å². The fourth-order valence-electron chi connectivity index (χ4n) is 3.47. The maximum Gasteiger partial charge on any atom is 0.163 e. The predicted molar refractivity (Wildman–Crippen MR) is 96.1 cm³/mol. The number of Topliss-reactive ketones (excluding diaryl/α,β-unsaturated/α-hetero) is 3. The van der Waals surface area contributed by atoms with Crippen molar-refractivity contribution in [1.82, 2.24) is 0 Å². The van der Waals surface area contributed by atoms with E-state index in [1.54, 1.807) is 13.0 Å². The number of hydrogen-bond acceptors (Lipinski definition) is 4. The molecule has 25 heavy (non-hydrogen) atoms. The fourth-order valence-corrected chi connectivity index (χ4v) is 3.47. The van der Waals surface area contributed by atoms with Crippen LogP contribution in [0.2, 0.25) is 0 Å². The molecule has 0 bridgehead atoms. The summed E-state index contributed by atoms with van der Waals surface area (Å²) in [5.41, 5.74) is 3.41. The van der Waals surface area contributed by atoms with E-state index in [1.807, 2.05) is 32.0 Å². The molecule has 0 spiro atoms. The van der Waals surface area contributed by atoms with Crippen molar-refractivity contribution >= 4 is 17.3 Å². The quantitative estimate of drug-likeness (QED) is 0.580. The number of rotatable bonds is 6. The van der Waals surface area contributed by atoms with Crippen molar-refractivity contribution in [3.05, 3.63) is 58.0 Å². The number of benzene rings is 1. The minimum Gasteiger partial charge on any atom is -0.465 e. The maximum atomic E-state index is 12.2. The van der Waals surface area contributed by atoms with Crippen molar-refractivity contribution in [3.63, 3.8) is 0 Å². The Morgan fingerprint density at radius 2 is 1.36 bits per heavy atom. The first-order valence-corrected chi connectivity index (χ1v) is 8.32. The molecule has 0 saturated carbocycles. The molecule has 0 fully saturated rings. The lowest BCUT2D eigenvalue weighted by atomic mass is 9.79. The standard InChI is InChI=1S/C21H24O4/c1-11-7-12(2)9-17(8-11)21(20(14(4)23)15(5)24)19-10-18(13(3)22)16(6)25-19/h7-10,20-21H,1-6H3. The van der Waals surface area contributed by atoms with E-state index >= 15 is 0 Å². The average Bonchev–Trinajstić information content (AvgIpc) is 2.84. The number of hydrogen-bond donors (Lipinski definition) is 0. The van der Waals surface area contributed by atoms with Crippen LogP contribution in [0.4, 0.5) is 0 Å². The lowest BCUT2D eigenvalue weighted by molar-refractivity contribution is -0.131. The minimum atomic E-state index is -0.841. The van der Waals surface area contributed by atoms with E-state index in [2.05, 4.69) is 0 Å². The molecule has 2 rings (SSSR count). The van der Waals surface area contributed by atoms with Crippen molar-refractivity contribution in [2.45, 2.75) is 47.5 Å². The summed E-state index contributed by atoms with van der Waals surface area (Å²) in [5, 5.41) is 0. The molecule has 1 aromatic carbocycles. The lowest BCUT2D eigenvalue weighted by Gasteiger charge is -2.23. The summed E-state index contributed by atoms with van der Waals surface area (Å²) in [7, 11) is 0. The second kappa shape index (κ2) is 7.18. The summed E-state index contributed by atoms with van der Waals surface area (Å²) in [6, 6.07) is 7.62. The highest BCUT2D eigenvalue weighted by atomic mass is 16.3. The molecule has 0 radical (unpaired) electrons. The average molecular weight is 340 g/mol. The van der Waals surface area contributed by atoms with E-state index < -0.39 is 11.8 Å². The van der Waals surface area contributed by atoms with E-state index in [4.69, 9.17) is 4.42 Å². The van der Waals surface area contributed by atoms with Crippen LogP contribution in [0.1, 0.15) is 65.3 Å². The van der Waals surface area contributed by atoms with Crippen LogP contribution in [0.25, 0.3) is 0 Å². The smallest absolute Gasteiger partial charge is 0.163 e. The van der Waals surface area contributed by atoms with Crippen molar-refractivity contribution in [2.24, 2.45) is 5.92 Å². The van der Waals surface area contributed by atoms with Gasteiger partial charge in [0.2, 0.25) is 0 Å². The summed E-state index contributed by atoms with van der Waals surface area (Å²) < 4.78 is 5.83. The van der Waals surface area contributed by atoms with Gasteiger partial charge in [0, 0.05) is 0 Å². The first-order valence-electron chi connectivity index (χ1n) is 8.32. The first-order chi connectivity index (χ1) is 11.6. The molecule has 0 aliphatic heterocycles. The summed E-state index contributed by atoms with van der Waals surface area (Å²) in [6.45, 7) is 9.97. The normalized spacial score (nSPS) is 12.3. The van der Waals surface area contributed by atoms with Crippen LogP contribution in [0.15, 0.2) is 28.7 Å². The molecule has 0 amide bonds. The molecule has 0 aliphatic rings. The van der Waals surface area contributed by atoms with Crippen molar-refractivity contribution in [3.8, 4) is 0 Å². The number of ketones is 3. The molecular formula is C21H24O4. The third-order valence-corrected chi connectivity index (χ3v) is 4.44. The topological polar surface area (TPSA) is 64.3 Å². The highest BCUT2D eigenvalue weighted by molar-refractivity contribution is 6.02. The predicted octanol–water partition coefficient (Wildman–Crippen LogP) is 4.33. The largest absolute Gasteiger partial charge is 0.465 e. The molecule has 132 valence electrons. The Morgan fingerprint density at radius 1 is 0.840 bits per heavy atom. The second-order valence-corrected chi connectivity index (χ2v) is 6.77. The lowest BCUT2D eigenvalue weighted by Crippen LogP contribution is -2.27. The van der Waals surface area contributed by atoms with Gasteiger partial charge in [-0.25, -0.2) is 0 Å². The van der Waals surface area contributed by atoms with Gasteiger partial charge in [0.25, 0.3) is 0 Å². The Bertz CT molecular complexity index is 807. The van der Waals surface area contributed by atoms with Crippen LogP contribution in [-0.2, 0) is 9.59 Å². The molecule has 1 atom stereocenters. The molecule has 0 saturated heterocycles. The van der Waals surface area contributed by atoms with Crippen LogP contribution in [0.5, 0.6) is 0 Å². The molecular weight excluding hydrogens is 316 g/mol. The summed E-state index contributed by atoms with van der Waals surface area (Å²) in [5.74, 6) is -0.933. The number of furan rings is 1. The molecule has 0 aliphatic carbocycles. The molecule has 1 heterocycles. The van der Waals surface area contributed by atoms with Crippen molar-refractivity contribution < 1.29 is 18.8 Å². The van der Waals surface area contributed by atoms with Gasteiger partial charge in [0.1, 0.15) is 23.1 Å².